The average Bonchev–Trinajstić information content (AvgIpc) is 2.10. The number of rotatable bonds is 4. The molecule has 0 aromatic carbocycles. The van der Waals surface area contributed by atoms with Gasteiger partial charge in [-0.1, -0.05) is 11.8 Å². The van der Waals surface area contributed by atoms with Gasteiger partial charge in [-0.2, -0.15) is 0 Å². The third-order valence-electron chi connectivity index (χ3n) is 1.90. The van der Waals surface area contributed by atoms with Crippen molar-refractivity contribution in [3.8, 4) is 11.8 Å². The third-order valence-corrected chi connectivity index (χ3v) is 1.90. The first kappa shape index (κ1) is 15.0. The predicted molar refractivity (Wildman–Crippen MR) is 66.0 cm³/mol. The average molecular weight is 225 g/mol. The molecule has 0 aliphatic rings. The molecule has 0 rings (SSSR count). The summed E-state index contributed by atoms with van der Waals surface area (Å²) >= 11 is 0. The first-order valence-corrected chi connectivity index (χ1v) is 5.61. The van der Waals surface area contributed by atoms with E-state index in [1.165, 1.54) is 0 Å². The molecule has 0 spiro atoms. The Hall–Kier alpha value is -1.01. The van der Waals surface area contributed by atoms with Gasteiger partial charge in [0.1, 0.15) is 0 Å². The van der Waals surface area contributed by atoms with Crippen LogP contribution in [0.25, 0.3) is 0 Å². The summed E-state index contributed by atoms with van der Waals surface area (Å²) < 4.78 is 4.92. The number of hydrogen-bond donors (Lipinski definition) is 0. The van der Waals surface area contributed by atoms with E-state index in [0.29, 0.717) is 13.0 Å². The summed E-state index contributed by atoms with van der Waals surface area (Å²) in [6.45, 7) is 8.39. The first-order chi connectivity index (χ1) is 7.26. The van der Waals surface area contributed by atoms with E-state index >= 15 is 0 Å². The molecule has 0 saturated heterocycles. The molecule has 0 aromatic rings. The highest BCUT2D eigenvalue weighted by atomic mass is 16.5. The molecule has 0 aromatic heterocycles. The van der Waals surface area contributed by atoms with Crippen molar-refractivity contribution in [1.82, 2.24) is 4.90 Å². The highest BCUT2D eigenvalue weighted by Crippen LogP contribution is 2.11. The van der Waals surface area contributed by atoms with Crippen molar-refractivity contribution in [2.45, 2.75) is 40.2 Å². The molecule has 0 N–H and O–H groups in total. The minimum atomic E-state index is -0.190. The summed E-state index contributed by atoms with van der Waals surface area (Å²) in [6.07, 6.45) is 0.323. The number of ether oxygens (including phenoxy) is 1. The van der Waals surface area contributed by atoms with Crippen LogP contribution >= 0.6 is 0 Å². The summed E-state index contributed by atoms with van der Waals surface area (Å²) in [5.41, 5.74) is -0.0388. The van der Waals surface area contributed by atoms with Crippen LogP contribution < -0.4 is 0 Å². The van der Waals surface area contributed by atoms with Crippen LogP contribution in [0, 0.1) is 17.3 Å². The fraction of sp³-hybridized carbons (Fsp3) is 0.769. The maximum absolute atomic E-state index is 11.4. The number of hydrogen-bond acceptors (Lipinski definition) is 3. The van der Waals surface area contributed by atoms with E-state index in [0.717, 1.165) is 0 Å². The van der Waals surface area contributed by atoms with Gasteiger partial charge in [0.25, 0.3) is 0 Å². The smallest absolute Gasteiger partial charge is 0.308 e. The van der Waals surface area contributed by atoms with Crippen molar-refractivity contribution >= 4 is 5.97 Å². The van der Waals surface area contributed by atoms with E-state index in [1.807, 2.05) is 25.9 Å². The lowest BCUT2D eigenvalue weighted by Gasteiger charge is -2.18. The lowest BCUT2D eigenvalue weighted by Crippen LogP contribution is -2.30. The van der Waals surface area contributed by atoms with Crippen LogP contribution in [0.1, 0.15) is 34.1 Å². The van der Waals surface area contributed by atoms with E-state index in [9.17, 15) is 4.79 Å². The fourth-order valence-corrected chi connectivity index (χ4v) is 1.04. The van der Waals surface area contributed by atoms with E-state index in [4.69, 9.17) is 4.74 Å². The SMILES string of the molecule is CCOC(=O)CC(C#CC(C)(C)C)N(C)C. The van der Waals surface area contributed by atoms with Gasteiger partial charge in [0.2, 0.25) is 0 Å². The zero-order valence-corrected chi connectivity index (χ0v) is 11.3. The lowest BCUT2D eigenvalue weighted by atomic mass is 9.97. The molecule has 1 unspecified atom stereocenters. The molecule has 0 radical (unpaired) electrons. The van der Waals surface area contributed by atoms with Gasteiger partial charge < -0.3 is 4.74 Å². The zero-order chi connectivity index (χ0) is 12.8. The summed E-state index contributed by atoms with van der Waals surface area (Å²) in [6, 6.07) is -0.0710. The van der Waals surface area contributed by atoms with Gasteiger partial charge >= 0.3 is 5.97 Å². The van der Waals surface area contributed by atoms with E-state index in [1.54, 1.807) is 0 Å². The number of carbonyl (C=O) groups is 1. The minimum Gasteiger partial charge on any atom is -0.466 e. The van der Waals surface area contributed by atoms with Crippen LogP contribution in [0.4, 0.5) is 0 Å². The molecule has 0 aliphatic heterocycles. The quantitative estimate of drug-likeness (QED) is 0.541. The van der Waals surface area contributed by atoms with Crippen LogP contribution in [0.15, 0.2) is 0 Å². The molecular formula is C13H23NO2. The molecule has 3 nitrogen and oxygen atoms in total. The summed E-state index contributed by atoms with van der Waals surface area (Å²) in [5.74, 6) is 6.08. The maximum Gasteiger partial charge on any atom is 0.308 e. The molecule has 0 heterocycles. The summed E-state index contributed by atoms with van der Waals surface area (Å²) in [7, 11) is 3.84. The van der Waals surface area contributed by atoms with Gasteiger partial charge in [-0.05, 0) is 41.8 Å². The summed E-state index contributed by atoms with van der Waals surface area (Å²) in [5, 5.41) is 0. The Morgan fingerprint density at radius 2 is 1.94 bits per heavy atom. The molecule has 3 heteroatoms. The second kappa shape index (κ2) is 6.55. The predicted octanol–water partition coefficient (Wildman–Crippen LogP) is 1.92. The Morgan fingerprint density at radius 1 is 1.38 bits per heavy atom. The number of esters is 1. The van der Waals surface area contributed by atoms with Crippen molar-refractivity contribution < 1.29 is 9.53 Å². The van der Waals surface area contributed by atoms with Gasteiger partial charge in [-0.25, -0.2) is 0 Å². The fourth-order valence-electron chi connectivity index (χ4n) is 1.04. The molecule has 1 atom stereocenters. The molecule has 92 valence electrons. The Kier molecular flexibility index (Phi) is 6.13. The van der Waals surface area contributed by atoms with Crippen LogP contribution in [0.3, 0.4) is 0 Å². The Balaban J connectivity index is 4.50. The minimum absolute atomic E-state index is 0.0388. The Labute approximate surface area is 99.2 Å². The molecular weight excluding hydrogens is 202 g/mol. The van der Waals surface area contributed by atoms with Gasteiger partial charge in [0, 0.05) is 5.41 Å². The Morgan fingerprint density at radius 3 is 2.31 bits per heavy atom. The highest BCUT2D eigenvalue weighted by molar-refractivity contribution is 5.70. The summed E-state index contributed by atoms with van der Waals surface area (Å²) in [4.78, 5) is 13.3. The zero-order valence-electron chi connectivity index (χ0n) is 11.3. The Bertz CT molecular complexity index is 279. The maximum atomic E-state index is 11.4. The topological polar surface area (TPSA) is 29.5 Å². The van der Waals surface area contributed by atoms with Gasteiger partial charge in [-0.15, -0.1) is 0 Å². The van der Waals surface area contributed by atoms with Gasteiger partial charge in [0.15, 0.2) is 0 Å². The first-order valence-electron chi connectivity index (χ1n) is 5.61. The van der Waals surface area contributed by atoms with E-state index in [-0.39, 0.29) is 17.4 Å². The van der Waals surface area contributed by atoms with E-state index in [2.05, 4.69) is 32.6 Å². The molecule has 16 heavy (non-hydrogen) atoms. The van der Waals surface area contributed by atoms with Crippen LogP contribution in [0.2, 0.25) is 0 Å². The molecule has 0 fully saturated rings. The number of carbonyl (C=O) groups excluding carboxylic acids is 1. The monoisotopic (exact) mass is 225 g/mol. The largest absolute Gasteiger partial charge is 0.466 e. The van der Waals surface area contributed by atoms with Crippen molar-refractivity contribution in [3.05, 3.63) is 0 Å². The second-order valence-corrected chi connectivity index (χ2v) is 5.01. The second-order valence-electron chi connectivity index (χ2n) is 5.01. The molecule has 0 bridgehead atoms. The van der Waals surface area contributed by atoms with Crippen LogP contribution in [0.5, 0.6) is 0 Å². The van der Waals surface area contributed by atoms with Crippen molar-refractivity contribution in [2.24, 2.45) is 5.41 Å². The normalized spacial score (nSPS) is 12.9. The van der Waals surface area contributed by atoms with Crippen molar-refractivity contribution in [1.29, 1.82) is 0 Å². The molecule has 0 amide bonds. The molecule has 0 aliphatic carbocycles. The highest BCUT2D eigenvalue weighted by Gasteiger charge is 2.15. The molecule has 0 saturated carbocycles. The van der Waals surface area contributed by atoms with Crippen molar-refractivity contribution in [2.75, 3.05) is 20.7 Å². The number of nitrogens with zero attached hydrogens (tertiary/aromatic N) is 1. The third kappa shape index (κ3) is 7.30. The lowest BCUT2D eigenvalue weighted by molar-refractivity contribution is -0.143. The van der Waals surface area contributed by atoms with E-state index < -0.39 is 0 Å². The van der Waals surface area contributed by atoms with Crippen molar-refractivity contribution in [3.63, 3.8) is 0 Å². The standard InChI is InChI=1S/C13H23NO2/c1-7-16-12(15)10-11(14(5)6)8-9-13(2,3)4/h11H,7,10H2,1-6H3. The van der Waals surface area contributed by atoms with Crippen LogP contribution in [-0.2, 0) is 9.53 Å². The van der Waals surface area contributed by atoms with Gasteiger partial charge in [-0.3, -0.25) is 9.69 Å². The van der Waals surface area contributed by atoms with Gasteiger partial charge in [0.05, 0.1) is 19.1 Å². The van der Waals surface area contributed by atoms with Crippen LogP contribution in [-0.4, -0.2) is 37.6 Å².